The lowest BCUT2D eigenvalue weighted by Crippen LogP contribution is -2.64. The second-order valence-corrected chi connectivity index (χ2v) is 5.77. The van der Waals surface area contributed by atoms with E-state index in [0.717, 1.165) is 6.92 Å². The summed E-state index contributed by atoms with van der Waals surface area (Å²) in [6.45, 7) is 0.784. The Kier molecular flexibility index (Phi) is 8.66. The van der Waals surface area contributed by atoms with Crippen molar-refractivity contribution < 1.29 is 29.8 Å². The van der Waals surface area contributed by atoms with Crippen molar-refractivity contribution in [1.29, 1.82) is 0 Å². The van der Waals surface area contributed by atoms with Gasteiger partial charge in [0.2, 0.25) is 0 Å². The molecule has 0 radical (unpaired) electrons. The quantitative estimate of drug-likeness (QED) is 0.152. The van der Waals surface area contributed by atoms with Crippen molar-refractivity contribution in [2.24, 2.45) is 0 Å². The maximum Gasteiger partial charge on any atom is 0.278 e. The number of rotatable bonds is 6. The van der Waals surface area contributed by atoms with Gasteiger partial charge in [-0.25, -0.2) is 5.48 Å². The highest BCUT2D eigenvalue weighted by molar-refractivity contribution is 6.12. The second-order valence-electron chi connectivity index (χ2n) is 5.77. The number of nitrogens with one attached hydrogen (secondary N) is 3. The van der Waals surface area contributed by atoms with E-state index in [9.17, 15) is 14.4 Å². The Hall–Kier alpha value is -3.37. The Balaban J connectivity index is 2.86. The highest BCUT2D eigenvalue weighted by atomic mass is 16.5. The lowest BCUT2D eigenvalue weighted by Gasteiger charge is -2.26. The molecule has 0 heterocycles. The molecular formula is C19H21N3O6. The fourth-order valence-electron chi connectivity index (χ4n) is 1.96. The molecule has 2 atom stereocenters. The van der Waals surface area contributed by atoms with Gasteiger partial charge in [-0.05, 0) is 43.0 Å². The van der Waals surface area contributed by atoms with Gasteiger partial charge in [-0.1, -0.05) is 11.8 Å². The molecule has 0 aliphatic carbocycles. The van der Waals surface area contributed by atoms with Crippen LogP contribution in [0.1, 0.15) is 29.3 Å². The lowest BCUT2D eigenvalue weighted by atomic mass is 9.99. The van der Waals surface area contributed by atoms with Crippen molar-refractivity contribution in [3.63, 3.8) is 0 Å². The fraction of sp³-hybridized carbons (Fsp3) is 0.316. The molecular weight excluding hydrogens is 366 g/mol. The Morgan fingerprint density at radius 1 is 1.14 bits per heavy atom. The van der Waals surface area contributed by atoms with Crippen LogP contribution in [0.25, 0.3) is 0 Å². The van der Waals surface area contributed by atoms with Crippen LogP contribution in [0.2, 0.25) is 0 Å². The van der Waals surface area contributed by atoms with E-state index in [1.54, 1.807) is 12.1 Å². The molecule has 28 heavy (non-hydrogen) atoms. The van der Waals surface area contributed by atoms with Crippen molar-refractivity contribution >= 4 is 17.7 Å². The third-order valence-corrected chi connectivity index (χ3v) is 3.65. The van der Waals surface area contributed by atoms with Crippen molar-refractivity contribution in [2.45, 2.75) is 25.0 Å². The first kappa shape index (κ1) is 22.7. The maximum atomic E-state index is 12.3. The third kappa shape index (κ3) is 6.11. The SMILES string of the molecule is CNC(=O)C(C)(NC(=O)c1ccc(C#CC#CCC(O)CO)cc1)C(=O)NO. The monoisotopic (exact) mass is 387 g/mol. The number of hydroxylamine groups is 1. The summed E-state index contributed by atoms with van der Waals surface area (Å²) in [4.78, 5) is 36.1. The molecule has 0 aromatic heterocycles. The van der Waals surface area contributed by atoms with Crippen LogP contribution in [0.15, 0.2) is 24.3 Å². The summed E-state index contributed by atoms with van der Waals surface area (Å²) in [6.07, 6.45) is -0.795. The summed E-state index contributed by atoms with van der Waals surface area (Å²) in [5.41, 5.74) is 0.0849. The van der Waals surface area contributed by atoms with Gasteiger partial charge in [0.1, 0.15) is 0 Å². The summed E-state index contributed by atoms with van der Waals surface area (Å²) in [5.74, 6) is 7.85. The van der Waals surface area contributed by atoms with Crippen molar-refractivity contribution in [3.8, 4) is 23.7 Å². The van der Waals surface area contributed by atoms with E-state index in [1.165, 1.54) is 24.7 Å². The van der Waals surface area contributed by atoms with E-state index in [2.05, 4.69) is 34.3 Å². The molecule has 0 bridgehead atoms. The zero-order valence-electron chi connectivity index (χ0n) is 15.4. The van der Waals surface area contributed by atoms with Gasteiger partial charge < -0.3 is 20.8 Å². The Morgan fingerprint density at radius 2 is 1.79 bits per heavy atom. The first-order chi connectivity index (χ1) is 13.3. The molecule has 0 saturated heterocycles. The number of aliphatic hydroxyl groups excluding tert-OH is 2. The van der Waals surface area contributed by atoms with Crippen LogP contribution in [-0.2, 0) is 9.59 Å². The van der Waals surface area contributed by atoms with Crippen LogP contribution in [0, 0.1) is 23.7 Å². The van der Waals surface area contributed by atoms with Crippen molar-refractivity contribution in [3.05, 3.63) is 35.4 Å². The third-order valence-electron chi connectivity index (χ3n) is 3.65. The van der Waals surface area contributed by atoms with Crippen LogP contribution in [0.5, 0.6) is 0 Å². The number of carbonyl (C=O) groups excluding carboxylic acids is 3. The van der Waals surface area contributed by atoms with E-state index in [-0.39, 0.29) is 18.6 Å². The molecule has 148 valence electrons. The molecule has 6 N–H and O–H groups in total. The standard InChI is InChI=1S/C19H21N3O6/c1-19(17(26)20-2,18(27)22-28)21-16(25)14-10-8-13(9-11-14)6-4-3-5-7-15(24)12-23/h8-11,15,23-24,28H,7,12H2,1-2H3,(H,20,26)(H,21,25)(H,22,27). The van der Waals surface area contributed by atoms with Crippen LogP contribution in [0.4, 0.5) is 0 Å². The molecule has 0 aliphatic rings. The van der Waals surface area contributed by atoms with Crippen molar-refractivity contribution in [2.75, 3.05) is 13.7 Å². The lowest BCUT2D eigenvalue weighted by molar-refractivity contribution is -0.143. The molecule has 2 unspecified atom stereocenters. The average molecular weight is 387 g/mol. The minimum Gasteiger partial charge on any atom is -0.394 e. The summed E-state index contributed by atoms with van der Waals surface area (Å²) >= 11 is 0. The summed E-state index contributed by atoms with van der Waals surface area (Å²) in [5, 5.41) is 31.1. The second kappa shape index (κ2) is 10.7. The van der Waals surface area contributed by atoms with E-state index in [0.29, 0.717) is 5.56 Å². The largest absolute Gasteiger partial charge is 0.394 e. The van der Waals surface area contributed by atoms with Gasteiger partial charge in [0, 0.05) is 24.6 Å². The number of benzene rings is 1. The Morgan fingerprint density at radius 3 is 2.32 bits per heavy atom. The van der Waals surface area contributed by atoms with E-state index >= 15 is 0 Å². The minimum atomic E-state index is -2.01. The molecule has 9 heteroatoms. The fourth-order valence-corrected chi connectivity index (χ4v) is 1.96. The molecule has 1 aromatic rings. The van der Waals surface area contributed by atoms with Gasteiger partial charge in [0.05, 0.1) is 12.7 Å². The van der Waals surface area contributed by atoms with Gasteiger partial charge in [-0.2, -0.15) is 0 Å². The van der Waals surface area contributed by atoms with Crippen molar-refractivity contribution in [1.82, 2.24) is 16.1 Å². The molecule has 0 aliphatic heterocycles. The van der Waals surface area contributed by atoms with E-state index < -0.39 is 29.4 Å². The predicted octanol–water partition coefficient (Wildman–Crippen LogP) is -1.48. The van der Waals surface area contributed by atoms with Gasteiger partial charge in [-0.15, -0.1) is 0 Å². The zero-order valence-corrected chi connectivity index (χ0v) is 15.4. The molecule has 0 saturated carbocycles. The number of carbonyl (C=O) groups is 3. The van der Waals surface area contributed by atoms with Crippen LogP contribution >= 0.6 is 0 Å². The normalized spacial score (nSPS) is 12.8. The smallest absolute Gasteiger partial charge is 0.278 e. The Labute approximate surface area is 162 Å². The van der Waals surface area contributed by atoms with Crippen LogP contribution in [0.3, 0.4) is 0 Å². The predicted molar refractivity (Wildman–Crippen MR) is 98.7 cm³/mol. The molecule has 1 rings (SSSR count). The first-order valence-corrected chi connectivity index (χ1v) is 8.15. The molecule has 1 aromatic carbocycles. The topological polar surface area (TPSA) is 148 Å². The highest BCUT2D eigenvalue weighted by Gasteiger charge is 2.42. The van der Waals surface area contributed by atoms with Gasteiger partial charge in [-0.3, -0.25) is 19.6 Å². The average Bonchev–Trinajstić information content (AvgIpc) is 2.72. The van der Waals surface area contributed by atoms with Crippen LogP contribution < -0.4 is 16.1 Å². The summed E-state index contributed by atoms with van der Waals surface area (Å²) in [6, 6.07) is 6.00. The highest BCUT2D eigenvalue weighted by Crippen LogP contribution is 2.09. The van der Waals surface area contributed by atoms with Crippen LogP contribution in [-0.4, -0.2) is 58.4 Å². The van der Waals surface area contributed by atoms with Gasteiger partial charge in [0.15, 0.2) is 5.54 Å². The molecule has 9 nitrogen and oxygen atoms in total. The number of aliphatic hydroxyl groups is 2. The number of likely N-dealkylation sites (N-methyl/N-ethyl adjacent to an activating group) is 1. The molecule has 3 amide bonds. The number of hydrogen-bond donors (Lipinski definition) is 6. The Bertz CT molecular complexity index is 826. The maximum absolute atomic E-state index is 12.3. The number of amides is 3. The molecule has 0 spiro atoms. The minimum absolute atomic E-state index is 0.107. The van der Waals surface area contributed by atoms with E-state index in [1.807, 2.05) is 0 Å². The summed E-state index contributed by atoms with van der Waals surface area (Å²) in [7, 11) is 1.29. The number of hydrogen-bond acceptors (Lipinski definition) is 6. The van der Waals surface area contributed by atoms with E-state index in [4.69, 9.17) is 15.4 Å². The van der Waals surface area contributed by atoms with Gasteiger partial charge in [0.25, 0.3) is 17.7 Å². The first-order valence-electron chi connectivity index (χ1n) is 8.15. The summed E-state index contributed by atoms with van der Waals surface area (Å²) < 4.78 is 0. The van der Waals surface area contributed by atoms with Gasteiger partial charge >= 0.3 is 0 Å². The zero-order chi connectivity index (χ0) is 21.2. The molecule has 0 fully saturated rings.